The van der Waals surface area contributed by atoms with E-state index in [1.54, 1.807) is 41.3 Å². The van der Waals surface area contributed by atoms with E-state index in [2.05, 4.69) is 0 Å². The standard InChI is InChI=1S/C20H23NO6S/c1-25-14-20(22)21(16-5-6-16)13-15-3-7-18(8-4-15)27-28(23,24)19-11-9-17(26-2)10-12-19/h3-4,7-12,16H,5-6,13-14H2,1-2H3. The number of ether oxygens (including phenoxy) is 2. The number of carbonyl (C=O) groups excluding carboxylic acids is 1. The molecule has 0 atom stereocenters. The largest absolute Gasteiger partial charge is 0.497 e. The van der Waals surface area contributed by atoms with Gasteiger partial charge >= 0.3 is 10.1 Å². The van der Waals surface area contributed by atoms with E-state index in [1.807, 2.05) is 0 Å². The van der Waals surface area contributed by atoms with E-state index in [0.717, 1.165) is 18.4 Å². The van der Waals surface area contributed by atoms with Crippen molar-refractivity contribution in [2.75, 3.05) is 20.8 Å². The number of rotatable bonds is 9. The van der Waals surface area contributed by atoms with Crippen LogP contribution in [0.4, 0.5) is 0 Å². The van der Waals surface area contributed by atoms with E-state index in [-0.39, 0.29) is 29.2 Å². The zero-order chi connectivity index (χ0) is 20.1. The minimum Gasteiger partial charge on any atom is -0.497 e. The van der Waals surface area contributed by atoms with Crippen LogP contribution < -0.4 is 8.92 Å². The first-order valence-electron chi connectivity index (χ1n) is 8.89. The van der Waals surface area contributed by atoms with Gasteiger partial charge in [-0.3, -0.25) is 4.79 Å². The zero-order valence-corrected chi connectivity index (χ0v) is 16.6. The average molecular weight is 405 g/mol. The first-order chi connectivity index (χ1) is 13.4. The van der Waals surface area contributed by atoms with Crippen molar-refractivity contribution < 1.29 is 26.9 Å². The molecule has 0 N–H and O–H groups in total. The Labute approximate surface area is 164 Å². The molecule has 28 heavy (non-hydrogen) atoms. The van der Waals surface area contributed by atoms with E-state index in [0.29, 0.717) is 12.3 Å². The normalized spacial score (nSPS) is 13.8. The van der Waals surface area contributed by atoms with Gasteiger partial charge in [0.2, 0.25) is 5.91 Å². The van der Waals surface area contributed by atoms with Crippen LogP contribution in [-0.4, -0.2) is 46.1 Å². The van der Waals surface area contributed by atoms with Gasteiger partial charge in [0.15, 0.2) is 0 Å². The topological polar surface area (TPSA) is 82.1 Å². The minimum absolute atomic E-state index is 0.0439. The van der Waals surface area contributed by atoms with Gasteiger partial charge in [0, 0.05) is 19.7 Å². The van der Waals surface area contributed by atoms with Gasteiger partial charge < -0.3 is 18.6 Å². The summed E-state index contributed by atoms with van der Waals surface area (Å²) in [5, 5.41) is 0. The lowest BCUT2D eigenvalue weighted by molar-refractivity contribution is -0.136. The van der Waals surface area contributed by atoms with Gasteiger partial charge in [0.05, 0.1) is 7.11 Å². The second-order valence-electron chi connectivity index (χ2n) is 6.54. The lowest BCUT2D eigenvalue weighted by atomic mass is 10.2. The minimum atomic E-state index is -3.94. The highest BCUT2D eigenvalue weighted by molar-refractivity contribution is 7.87. The maximum atomic E-state index is 12.4. The molecule has 1 aliphatic carbocycles. The highest BCUT2D eigenvalue weighted by Gasteiger charge is 2.32. The number of methoxy groups -OCH3 is 2. The molecule has 3 rings (SSSR count). The molecular formula is C20H23NO6S. The van der Waals surface area contributed by atoms with E-state index in [4.69, 9.17) is 13.7 Å². The molecule has 0 unspecified atom stereocenters. The molecule has 1 saturated carbocycles. The Morgan fingerprint density at radius 2 is 1.61 bits per heavy atom. The predicted molar refractivity (Wildman–Crippen MR) is 103 cm³/mol. The van der Waals surface area contributed by atoms with Crippen LogP contribution >= 0.6 is 0 Å². The SMILES string of the molecule is COCC(=O)N(Cc1ccc(OS(=O)(=O)c2ccc(OC)cc2)cc1)C1CC1. The summed E-state index contributed by atoms with van der Waals surface area (Å²) in [6.07, 6.45) is 1.99. The van der Waals surface area contributed by atoms with Crippen molar-refractivity contribution in [3.8, 4) is 11.5 Å². The zero-order valence-electron chi connectivity index (χ0n) is 15.8. The molecule has 0 saturated heterocycles. The quantitative estimate of drug-likeness (QED) is 0.597. The molecule has 0 aromatic heterocycles. The molecule has 1 aliphatic rings. The van der Waals surface area contributed by atoms with Crippen LogP contribution in [-0.2, 0) is 26.2 Å². The van der Waals surface area contributed by atoms with Crippen LogP contribution in [0.5, 0.6) is 11.5 Å². The molecule has 150 valence electrons. The van der Waals surface area contributed by atoms with Crippen LogP contribution in [0, 0.1) is 0 Å². The highest BCUT2D eigenvalue weighted by atomic mass is 32.2. The van der Waals surface area contributed by atoms with Crippen LogP contribution in [0.2, 0.25) is 0 Å². The maximum Gasteiger partial charge on any atom is 0.339 e. The first-order valence-corrected chi connectivity index (χ1v) is 10.3. The van der Waals surface area contributed by atoms with Crippen molar-refractivity contribution in [1.29, 1.82) is 0 Å². The van der Waals surface area contributed by atoms with E-state index in [1.165, 1.54) is 26.4 Å². The number of carbonyl (C=O) groups is 1. The number of hydrogen-bond donors (Lipinski definition) is 0. The van der Waals surface area contributed by atoms with Crippen molar-refractivity contribution in [2.45, 2.75) is 30.3 Å². The van der Waals surface area contributed by atoms with Gasteiger partial charge in [0.1, 0.15) is 23.0 Å². The lowest BCUT2D eigenvalue weighted by Gasteiger charge is -2.22. The molecule has 8 heteroatoms. The van der Waals surface area contributed by atoms with Gasteiger partial charge in [-0.2, -0.15) is 8.42 Å². The molecule has 0 heterocycles. The molecule has 2 aromatic carbocycles. The van der Waals surface area contributed by atoms with E-state index < -0.39 is 10.1 Å². The molecule has 0 spiro atoms. The predicted octanol–water partition coefficient (Wildman–Crippen LogP) is 2.60. The summed E-state index contributed by atoms with van der Waals surface area (Å²) >= 11 is 0. The van der Waals surface area contributed by atoms with Gasteiger partial charge in [-0.05, 0) is 54.8 Å². The van der Waals surface area contributed by atoms with Gasteiger partial charge in [-0.15, -0.1) is 0 Å². The fourth-order valence-electron chi connectivity index (χ4n) is 2.78. The second kappa shape index (κ2) is 8.62. The molecule has 1 amide bonds. The number of hydrogen-bond acceptors (Lipinski definition) is 6. The van der Waals surface area contributed by atoms with Crippen molar-refractivity contribution >= 4 is 16.0 Å². The van der Waals surface area contributed by atoms with Crippen molar-refractivity contribution in [2.24, 2.45) is 0 Å². The Kier molecular flexibility index (Phi) is 6.21. The fraction of sp³-hybridized carbons (Fsp3) is 0.350. The third-order valence-electron chi connectivity index (χ3n) is 4.41. The summed E-state index contributed by atoms with van der Waals surface area (Å²) in [6.45, 7) is 0.510. The third-order valence-corrected chi connectivity index (χ3v) is 5.67. The van der Waals surface area contributed by atoms with Crippen molar-refractivity contribution in [3.63, 3.8) is 0 Å². The smallest absolute Gasteiger partial charge is 0.339 e. The summed E-state index contributed by atoms with van der Waals surface area (Å²) in [5.41, 5.74) is 0.894. The highest BCUT2D eigenvalue weighted by Crippen LogP contribution is 2.29. The fourth-order valence-corrected chi connectivity index (χ4v) is 3.71. The van der Waals surface area contributed by atoms with Crippen LogP contribution in [0.3, 0.4) is 0 Å². The number of benzene rings is 2. The van der Waals surface area contributed by atoms with Crippen LogP contribution in [0.1, 0.15) is 18.4 Å². The number of amides is 1. The summed E-state index contributed by atoms with van der Waals surface area (Å²) in [5.74, 6) is 0.722. The molecule has 0 aliphatic heterocycles. The Morgan fingerprint density at radius 3 is 2.14 bits per heavy atom. The van der Waals surface area contributed by atoms with Crippen molar-refractivity contribution in [1.82, 2.24) is 4.90 Å². The molecule has 0 bridgehead atoms. The van der Waals surface area contributed by atoms with E-state index in [9.17, 15) is 13.2 Å². The second-order valence-corrected chi connectivity index (χ2v) is 8.09. The van der Waals surface area contributed by atoms with Crippen molar-refractivity contribution in [3.05, 3.63) is 54.1 Å². The number of nitrogens with zero attached hydrogens (tertiary/aromatic N) is 1. The molecule has 7 nitrogen and oxygen atoms in total. The van der Waals surface area contributed by atoms with Gasteiger partial charge in [-0.1, -0.05) is 12.1 Å². The Balaban J connectivity index is 1.67. The first kappa shape index (κ1) is 20.2. The van der Waals surface area contributed by atoms with Gasteiger partial charge in [0.25, 0.3) is 0 Å². The maximum absolute atomic E-state index is 12.4. The summed E-state index contributed by atoms with van der Waals surface area (Å²) in [6, 6.07) is 12.9. The molecule has 2 aromatic rings. The lowest BCUT2D eigenvalue weighted by Crippen LogP contribution is -2.35. The Bertz CT molecular complexity index is 905. The van der Waals surface area contributed by atoms with E-state index >= 15 is 0 Å². The van der Waals surface area contributed by atoms with Crippen LogP contribution in [0.15, 0.2) is 53.4 Å². The summed E-state index contributed by atoms with van der Waals surface area (Å²) in [4.78, 5) is 14.0. The van der Waals surface area contributed by atoms with Crippen LogP contribution in [0.25, 0.3) is 0 Å². The molecular weight excluding hydrogens is 382 g/mol. The van der Waals surface area contributed by atoms with Gasteiger partial charge in [-0.25, -0.2) is 0 Å². The summed E-state index contributed by atoms with van der Waals surface area (Å²) < 4.78 is 40.0. The third kappa shape index (κ3) is 5.02. The summed E-state index contributed by atoms with van der Waals surface area (Å²) in [7, 11) is -0.928. The molecule has 0 radical (unpaired) electrons. The Hall–Kier alpha value is -2.58. The monoisotopic (exact) mass is 405 g/mol. The average Bonchev–Trinajstić information content (AvgIpc) is 3.52. The molecule has 1 fully saturated rings. The Morgan fingerprint density at radius 1 is 1.00 bits per heavy atom.